The van der Waals surface area contributed by atoms with Crippen molar-refractivity contribution < 1.29 is 17.6 Å². The Kier molecular flexibility index (Phi) is 6.44. The topological polar surface area (TPSA) is 87.5 Å². The molecule has 4 aromatic rings. The van der Waals surface area contributed by atoms with Crippen molar-refractivity contribution in [2.24, 2.45) is 0 Å². The first-order valence-electron chi connectivity index (χ1n) is 11.6. The molecule has 1 unspecified atom stereocenters. The lowest BCUT2D eigenvalue weighted by Crippen LogP contribution is -2.55. The lowest BCUT2D eigenvalue weighted by atomic mass is 10.1. The maximum Gasteiger partial charge on any atom is 0.263 e. The average Bonchev–Trinajstić information content (AvgIpc) is 3.52. The van der Waals surface area contributed by atoms with E-state index in [9.17, 15) is 17.6 Å². The first-order valence-corrected chi connectivity index (χ1v) is 13.9. The van der Waals surface area contributed by atoms with Crippen LogP contribution in [0.3, 0.4) is 0 Å². The van der Waals surface area contributed by atoms with Gasteiger partial charge in [0.25, 0.3) is 10.0 Å². The van der Waals surface area contributed by atoms with Gasteiger partial charge in [-0.3, -0.25) is 9.52 Å². The molecule has 0 saturated carbocycles. The van der Waals surface area contributed by atoms with Gasteiger partial charge in [-0.15, -0.1) is 11.3 Å². The summed E-state index contributed by atoms with van der Waals surface area (Å²) in [4.78, 5) is 21.5. The number of benzene rings is 2. The molecule has 0 aliphatic carbocycles. The number of rotatable bonds is 6. The summed E-state index contributed by atoms with van der Waals surface area (Å²) in [5, 5.41) is 2.79. The molecule has 2 atom stereocenters. The van der Waals surface area contributed by atoms with Crippen LogP contribution in [-0.4, -0.2) is 54.5 Å². The highest BCUT2D eigenvalue weighted by atomic mass is 32.2. The van der Waals surface area contributed by atoms with Crippen molar-refractivity contribution in [1.29, 1.82) is 0 Å². The fourth-order valence-corrected chi connectivity index (χ4v) is 6.42. The number of aromatic nitrogens is 2. The summed E-state index contributed by atoms with van der Waals surface area (Å²) in [5.41, 5.74) is 1.72. The quantitative estimate of drug-likeness (QED) is 0.403. The Labute approximate surface area is 213 Å². The first-order chi connectivity index (χ1) is 17.2. The zero-order valence-electron chi connectivity index (χ0n) is 19.8. The van der Waals surface area contributed by atoms with Crippen LogP contribution in [0.1, 0.15) is 19.9 Å². The van der Waals surface area contributed by atoms with Crippen LogP contribution in [0.15, 0.2) is 71.2 Å². The van der Waals surface area contributed by atoms with Gasteiger partial charge in [0.05, 0.1) is 4.90 Å². The van der Waals surface area contributed by atoms with Gasteiger partial charge >= 0.3 is 0 Å². The molecule has 8 nitrogen and oxygen atoms in total. The van der Waals surface area contributed by atoms with Gasteiger partial charge in [0.1, 0.15) is 11.9 Å². The molecule has 5 rings (SSSR count). The molecule has 11 heteroatoms. The molecule has 0 spiro atoms. The van der Waals surface area contributed by atoms with Crippen LogP contribution in [0, 0.1) is 5.82 Å². The van der Waals surface area contributed by atoms with Gasteiger partial charge < -0.3 is 14.4 Å². The minimum atomic E-state index is -3.71. The Morgan fingerprint density at radius 2 is 1.94 bits per heavy atom. The van der Waals surface area contributed by atoms with E-state index in [1.54, 1.807) is 41.9 Å². The molecule has 0 bridgehead atoms. The molecule has 1 saturated heterocycles. The summed E-state index contributed by atoms with van der Waals surface area (Å²) < 4.78 is 43.1. The second-order valence-electron chi connectivity index (χ2n) is 8.87. The Bertz CT molecular complexity index is 1490. The normalized spacial score (nSPS) is 17.4. The zero-order chi connectivity index (χ0) is 25.4. The number of thiazole rings is 1. The SMILES string of the molecule is CC(C(=O)N1CCN(c2ccc(S(=O)(=O)Nc3nccs3)cc2)C[C@@H]1C)n1ccc2cc(F)ccc21. The minimum Gasteiger partial charge on any atom is -0.368 e. The Morgan fingerprint density at radius 1 is 1.17 bits per heavy atom. The molecular formula is C25H26FN5O3S2. The highest BCUT2D eigenvalue weighted by molar-refractivity contribution is 7.93. The fourth-order valence-electron chi connectivity index (χ4n) is 4.63. The van der Waals surface area contributed by atoms with Crippen LogP contribution in [0.2, 0.25) is 0 Å². The maximum absolute atomic E-state index is 13.6. The van der Waals surface area contributed by atoms with Crippen LogP contribution in [0.25, 0.3) is 10.9 Å². The van der Waals surface area contributed by atoms with E-state index in [1.165, 1.54) is 23.5 Å². The van der Waals surface area contributed by atoms with E-state index < -0.39 is 16.1 Å². The van der Waals surface area contributed by atoms with Gasteiger partial charge in [-0.25, -0.2) is 17.8 Å². The third kappa shape index (κ3) is 4.68. The Balaban J connectivity index is 1.25. The van der Waals surface area contributed by atoms with Crippen molar-refractivity contribution in [2.75, 3.05) is 29.3 Å². The molecule has 2 aromatic heterocycles. The third-order valence-electron chi connectivity index (χ3n) is 6.53. The molecular weight excluding hydrogens is 501 g/mol. The smallest absolute Gasteiger partial charge is 0.263 e. The summed E-state index contributed by atoms with van der Waals surface area (Å²) in [6, 6.07) is 12.7. The molecule has 188 valence electrons. The fraction of sp³-hybridized carbons (Fsp3) is 0.280. The number of carbonyl (C=O) groups excluding carboxylic acids is 1. The lowest BCUT2D eigenvalue weighted by Gasteiger charge is -2.42. The summed E-state index contributed by atoms with van der Waals surface area (Å²) in [6.07, 6.45) is 3.37. The van der Waals surface area contributed by atoms with Gasteiger partial charge in [-0.1, -0.05) is 0 Å². The number of carbonyl (C=O) groups is 1. The number of fused-ring (bicyclic) bond motifs is 1. The lowest BCUT2D eigenvalue weighted by molar-refractivity contribution is -0.136. The molecule has 1 aliphatic heterocycles. The van der Waals surface area contributed by atoms with Gasteiger partial charge in [0, 0.05) is 60.0 Å². The first kappa shape index (κ1) is 24.3. The van der Waals surface area contributed by atoms with Gasteiger partial charge in [0.2, 0.25) is 5.91 Å². The van der Waals surface area contributed by atoms with Crippen molar-refractivity contribution in [1.82, 2.24) is 14.5 Å². The molecule has 1 amide bonds. The number of halogens is 1. The number of hydrogen-bond donors (Lipinski definition) is 1. The van der Waals surface area contributed by atoms with Crippen molar-refractivity contribution in [3.05, 3.63) is 72.1 Å². The van der Waals surface area contributed by atoms with Crippen LogP contribution < -0.4 is 9.62 Å². The Morgan fingerprint density at radius 3 is 2.64 bits per heavy atom. The number of sulfonamides is 1. The van der Waals surface area contributed by atoms with E-state index in [0.29, 0.717) is 24.8 Å². The Hall–Kier alpha value is -3.44. The predicted octanol–water partition coefficient (Wildman–Crippen LogP) is 4.34. The molecule has 2 aromatic carbocycles. The van der Waals surface area contributed by atoms with E-state index in [-0.39, 0.29) is 22.7 Å². The highest BCUT2D eigenvalue weighted by Gasteiger charge is 2.31. The van der Waals surface area contributed by atoms with Gasteiger partial charge in [0.15, 0.2) is 5.13 Å². The highest BCUT2D eigenvalue weighted by Crippen LogP contribution is 2.26. The number of anilines is 2. The van der Waals surface area contributed by atoms with Crippen molar-refractivity contribution in [3.8, 4) is 0 Å². The van der Waals surface area contributed by atoms with E-state index in [4.69, 9.17) is 0 Å². The molecule has 36 heavy (non-hydrogen) atoms. The van der Waals surface area contributed by atoms with Crippen molar-refractivity contribution in [3.63, 3.8) is 0 Å². The number of nitrogens with zero attached hydrogens (tertiary/aromatic N) is 4. The van der Waals surface area contributed by atoms with E-state index in [2.05, 4.69) is 14.6 Å². The van der Waals surface area contributed by atoms with Crippen molar-refractivity contribution >= 4 is 49.0 Å². The number of amides is 1. The standard InChI is InChI=1S/C25H26FN5O3S2/c1-17-16-29(21-4-6-22(7-5-21)36(33,34)28-25-27-10-14-35-25)12-13-30(17)24(32)18(2)31-11-9-19-15-20(26)3-8-23(19)31/h3-11,14-15,17-18H,12-13,16H2,1-2H3,(H,27,28)/t17-,18?/m0/s1. The largest absolute Gasteiger partial charge is 0.368 e. The van der Waals surface area contributed by atoms with E-state index in [0.717, 1.165) is 16.6 Å². The van der Waals surface area contributed by atoms with Crippen LogP contribution in [-0.2, 0) is 14.8 Å². The van der Waals surface area contributed by atoms with Crippen LogP contribution >= 0.6 is 11.3 Å². The minimum absolute atomic E-state index is 0.0127. The monoisotopic (exact) mass is 527 g/mol. The molecule has 1 aliphatic rings. The van der Waals surface area contributed by atoms with Gasteiger partial charge in [-0.2, -0.15) is 0 Å². The zero-order valence-corrected chi connectivity index (χ0v) is 21.5. The van der Waals surface area contributed by atoms with E-state index in [1.807, 2.05) is 35.6 Å². The number of hydrogen-bond acceptors (Lipinski definition) is 6. The molecule has 0 radical (unpaired) electrons. The average molecular weight is 528 g/mol. The molecule has 1 N–H and O–H groups in total. The summed E-state index contributed by atoms with van der Waals surface area (Å²) in [7, 11) is -3.71. The van der Waals surface area contributed by atoms with Crippen molar-refractivity contribution in [2.45, 2.75) is 30.8 Å². The third-order valence-corrected chi connectivity index (χ3v) is 8.71. The number of piperazine rings is 1. The summed E-state index contributed by atoms with van der Waals surface area (Å²) >= 11 is 1.22. The van der Waals surface area contributed by atoms with Crippen LogP contribution in [0.5, 0.6) is 0 Å². The second-order valence-corrected chi connectivity index (χ2v) is 11.4. The summed E-state index contributed by atoms with van der Waals surface area (Å²) in [5.74, 6) is -0.288. The maximum atomic E-state index is 13.6. The molecule has 3 heterocycles. The second kappa shape index (κ2) is 9.55. The van der Waals surface area contributed by atoms with E-state index >= 15 is 0 Å². The van der Waals surface area contributed by atoms with Crippen LogP contribution in [0.4, 0.5) is 15.2 Å². The predicted molar refractivity (Wildman–Crippen MR) is 139 cm³/mol. The molecule has 1 fully saturated rings. The summed E-state index contributed by atoms with van der Waals surface area (Å²) in [6.45, 7) is 5.67. The van der Waals surface area contributed by atoms with Gasteiger partial charge in [-0.05, 0) is 62.4 Å². The number of nitrogens with one attached hydrogen (secondary N) is 1.